The van der Waals surface area contributed by atoms with Gasteiger partial charge >= 0.3 is 0 Å². The number of halogens is 1. The van der Waals surface area contributed by atoms with Crippen LogP contribution in [0.25, 0.3) is 0 Å². The molecule has 2 rings (SSSR count). The average Bonchev–Trinajstić information content (AvgIpc) is 2.92. The predicted molar refractivity (Wildman–Crippen MR) is 82.8 cm³/mol. The Bertz CT molecular complexity index is 445. The van der Waals surface area contributed by atoms with E-state index in [4.69, 9.17) is 17.3 Å². The van der Waals surface area contributed by atoms with Crippen LogP contribution in [0, 0.1) is 0 Å². The van der Waals surface area contributed by atoms with Crippen molar-refractivity contribution in [3.63, 3.8) is 0 Å². The van der Waals surface area contributed by atoms with Crippen LogP contribution in [0.3, 0.4) is 0 Å². The van der Waals surface area contributed by atoms with E-state index >= 15 is 0 Å². The molecule has 1 fully saturated rings. The lowest BCUT2D eigenvalue weighted by Crippen LogP contribution is -2.42. The predicted octanol–water partition coefficient (Wildman–Crippen LogP) is 1.62. The van der Waals surface area contributed by atoms with Gasteiger partial charge < -0.3 is 11.1 Å². The van der Waals surface area contributed by atoms with Gasteiger partial charge in [-0.2, -0.15) is 0 Å². The Hall–Kier alpha value is -1.33. The van der Waals surface area contributed by atoms with Gasteiger partial charge in [0.25, 0.3) is 0 Å². The highest BCUT2D eigenvalue weighted by atomic mass is 35.5. The second-order valence-corrected chi connectivity index (χ2v) is 5.41. The molecule has 0 bridgehead atoms. The Labute approximate surface area is 125 Å². The molecule has 0 aliphatic carbocycles. The lowest BCUT2D eigenvalue weighted by Gasteiger charge is -2.23. The summed E-state index contributed by atoms with van der Waals surface area (Å²) in [6.45, 7) is 5.81. The Kier molecular flexibility index (Phi) is 5.61. The summed E-state index contributed by atoms with van der Waals surface area (Å²) in [5.74, 6) is 0.477. The normalized spacial score (nSPS) is 20.3. The highest BCUT2D eigenvalue weighted by molar-refractivity contribution is 6.30. The van der Waals surface area contributed by atoms with Crippen LogP contribution in [-0.4, -0.2) is 41.5 Å². The number of hydrogen-bond acceptors (Lipinski definition) is 3. The number of nitrogens with two attached hydrogens (primary N) is 1. The van der Waals surface area contributed by atoms with E-state index in [9.17, 15) is 0 Å². The summed E-state index contributed by atoms with van der Waals surface area (Å²) in [6.07, 6.45) is 4.12. The van der Waals surface area contributed by atoms with Crippen LogP contribution < -0.4 is 11.1 Å². The Balaban J connectivity index is 1.77. The van der Waals surface area contributed by atoms with Crippen molar-refractivity contribution in [2.75, 3.05) is 19.6 Å². The maximum atomic E-state index is 5.88. The third-order valence-corrected chi connectivity index (χ3v) is 3.85. The number of guanidine groups is 1. The number of rotatable bonds is 5. The van der Waals surface area contributed by atoms with Crippen LogP contribution in [0.2, 0.25) is 5.02 Å². The van der Waals surface area contributed by atoms with E-state index in [0.717, 1.165) is 18.8 Å². The molecule has 1 aliphatic heterocycles. The van der Waals surface area contributed by atoms with Crippen molar-refractivity contribution >= 4 is 17.6 Å². The van der Waals surface area contributed by atoms with Crippen molar-refractivity contribution < 1.29 is 0 Å². The van der Waals surface area contributed by atoms with E-state index in [2.05, 4.69) is 27.1 Å². The number of aliphatic imine (C=N–C) groups is 1. The van der Waals surface area contributed by atoms with Crippen molar-refractivity contribution in [2.24, 2.45) is 10.7 Å². The summed E-state index contributed by atoms with van der Waals surface area (Å²) in [7, 11) is 0. The zero-order chi connectivity index (χ0) is 14.4. The standard InChI is InChI=1S/C14H22ClN5/c1-2-20-7-3-4-13(20)10-19-14(16)18-9-12-6-5-11(15)8-17-12/h5-6,8,13H,2-4,7,9-10H2,1H3,(H3,16,18,19). The third-order valence-electron chi connectivity index (χ3n) is 3.62. The third kappa shape index (κ3) is 4.35. The molecule has 1 aromatic heterocycles. The molecule has 20 heavy (non-hydrogen) atoms. The minimum Gasteiger partial charge on any atom is -0.370 e. The maximum absolute atomic E-state index is 5.88. The van der Waals surface area contributed by atoms with E-state index in [-0.39, 0.29) is 0 Å². The second kappa shape index (κ2) is 7.45. The first-order valence-electron chi connectivity index (χ1n) is 7.07. The van der Waals surface area contributed by atoms with Gasteiger partial charge in [0.2, 0.25) is 0 Å². The van der Waals surface area contributed by atoms with Crippen molar-refractivity contribution in [2.45, 2.75) is 32.4 Å². The molecule has 0 saturated carbocycles. The van der Waals surface area contributed by atoms with Gasteiger partial charge in [-0.25, -0.2) is 4.99 Å². The van der Waals surface area contributed by atoms with Gasteiger partial charge in [0.1, 0.15) is 0 Å². The molecule has 1 unspecified atom stereocenters. The number of hydrogen-bond donors (Lipinski definition) is 2. The van der Waals surface area contributed by atoms with E-state index < -0.39 is 0 Å². The van der Waals surface area contributed by atoms with Gasteiger partial charge in [0.15, 0.2) is 5.96 Å². The van der Waals surface area contributed by atoms with Crippen LogP contribution >= 0.6 is 11.6 Å². The van der Waals surface area contributed by atoms with Gasteiger partial charge in [0, 0.05) is 18.8 Å². The molecule has 0 radical (unpaired) electrons. The molecule has 1 saturated heterocycles. The minimum absolute atomic E-state index is 0.470. The number of aromatic nitrogens is 1. The average molecular weight is 296 g/mol. The zero-order valence-corrected chi connectivity index (χ0v) is 12.6. The fourth-order valence-electron chi connectivity index (χ4n) is 2.49. The summed E-state index contributed by atoms with van der Waals surface area (Å²) >= 11 is 5.78. The summed E-state index contributed by atoms with van der Waals surface area (Å²) in [4.78, 5) is 11.0. The van der Waals surface area contributed by atoms with E-state index in [1.807, 2.05) is 6.07 Å². The van der Waals surface area contributed by atoms with E-state index in [1.54, 1.807) is 12.3 Å². The molecule has 2 heterocycles. The molecule has 5 nitrogen and oxygen atoms in total. The summed E-state index contributed by atoms with van der Waals surface area (Å²) in [6, 6.07) is 4.23. The SMILES string of the molecule is CCN1CCCC1CNC(N)=NCc1ccc(Cl)cn1. The van der Waals surface area contributed by atoms with Crippen LogP contribution in [0.4, 0.5) is 0 Å². The van der Waals surface area contributed by atoms with Crippen LogP contribution in [0.5, 0.6) is 0 Å². The van der Waals surface area contributed by atoms with E-state index in [0.29, 0.717) is 23.6 Å². The van der Waals surface area contributed by atoms with Crippen LogP contribution in [0.1, 0.15) is 25.5 Å². The fourth-order valence-corrected chi connectivity index (χ4v) is 2.60. The van der Waals surface area contributed by atoms with Gasteiger partial charge in [-0.15, -0.1) is 0 Å². The quantitative estimate of drug-likeness (QED) is 0.640. The Morgan fingerprint density at radius 3 is 3.15 bits per heavy atom. The number of pyridine rings is 1. The molecular weight excluding hydrogens is 274 g/mol. The van der Waals surface area contributed by atoms with Crippen molar-refractivity contribution in [3.8, 4) is 0 Å². The topological polar surface area (TPSA) is 66.5 Å². The second-order valence-electron chi connectivity index (χ2n) is 4.97. The fraction of sp³-hybridized carbons (Fsp3) is 0.571. The summed E-state index contributed by atoms with van der Waals surface area (Å²) in [5.41, 5.74) is 6.74. The molecule has 3 N–H and O–H groups in total. The molecule has 1 aliphatic rings. The highest BCUT2D eigenvalue weighted by Crippen LogP contribution is 2.15. The van der Waals surface area contributed by atoms with Gasteiger partial charge in [0.05, 0.1) is 17.3 Å². The molecule has 0 spiro atoms. The number of likely N-dealkylation sites (N-methyl/N-ethyl adjacent to an activating group) is 1. The summed E-state index contributed by atoms with van der Waals surface area (Å²) < 4.78 is 0. The van der Waals surface area contributed by atoms with Gasteiger partial charge in [-0.3, -0.25) is 9.88 Å². The molecule has 0 aromatic carbocycles. The first-order valence-corrected chi connectivity index (χ1v) is 7.45. The number of likely N-dealkylation sites (tertiary alicyclic amines) is 1. The first kappa shape index (κ1) is 15.1. The Morgan fingerprint density at radius 1 is 1.60 bits per heavy atom. The molecule has 0 amide bonds. The van der Waals surface area contributed by atoms with E-state index in [1.165, 1.54) is 19.4 Å². The molecular formula is C14H22ClN5. The van der Waals surface area contributed by atoms with Crippen molar-refractivity contribution in [3.05, 3.63) is 29.0 Å². The highest BCUT2D eigenvalue weighted by Gasteiger charge is 2.22. The Morgan fingerprint density at radius 2 is 2.45 bits per heavy atom. The smallest absolute Gasteiger partial charge is 0.189 e. The van der Waals surface area contributed by atoms with Crippen molar-refractivity contribution in [1.29, 1.82) is 0 Å². The lowest BCUT2D eigenvalue weighted by atomic mass is 10.2. The van der Waals surface area contributed by atoms with Crippen LogP contribution in [-0.2, 0) is 6.54 Å². The number of nitrogens with zero attached hydrogens (tertiary/aromatic N) is 3. The first-order chi connectivity index (χ1) is 9.69. The largest absolute Gasteiger partial charge is 0.370 e. The summed E-state index contributed by atoms with van der Waals surface area (Å²) in [5, 5.41) is 3.83. The monoisotopic (exact) mass is 295 g/mol. The van der Waals surface area contributed by atoms with Gasteiger partial charge in [-0.05, 0) is 38.1 Å². The minimum atomic E-state index is 0.470. The molecule has 110 valence electrons. The molecule has 6 heteroatoms. The number of nitrogens with one attached hydrogen (secondary N) is 1. The molecule has 1 atom stereocenters. The zero-order valence-electron chi connectivity index (χ0n) is 11.8. The molecule has 1 aromatic rings. The van der Waals surface area contributed by atoms with Gasteiger partial charge in [-0.1, -0.05) is 18.5 Å². The maximum Gasteiger partial charge on any atom is 0.189 e. The van der Waals surface area contributed by atoms with Crippen LogP contribution in [0.15, 0.2) is 23.3 Å². The lowest BCUT2D eigenvalue weighted by molar-refractivity contribution is 0.267. The van der Waals surface area contributed by atoms with Crippen molar-refractivity contribution in [1.82, 2.24) is 15.2 Å².